The van der Waals surface area contributed by atoms with Crippen LogP contribution < -0.4 is 9.64 Å². The summed E-state index contributed by atoms with van der Waals surface area (Å²) in [6.07, 6.45) is 0.401. The summed E-state index contributed by atoms with van der Waals surface area (Å²) >= 11 is 1.78. The summed E-state index contributed by atoms with van der Waals surface area (Å²) in [5, 5.41) is 1.18. The molecule has 6 heteroatoms. The molecule has 4 rings (SSSR count). The number of piperazine rings is 1. The maximum Gasteiger partial charge on any atom is 0.227 e. The van der Waals surface area contributed by atoms with Crippen molar-refractivity contribution in [2.75, 3.05) is 33.3 Å². The molecule has 1 aliphatic heterocycles. The zero-order chi connectivity index (χ0) is 19.5. The molecule has 5 nitrogen and oxygen atoms in total. The quantitative estimate of drug-likeness (QED) is 0.718. The first-order valence-electron chi connectivity index (χ1n) is 9.71. The van der Waals surface area contributed by atoms with Gasteiger partial charge in [0.15, 0.2) is 0 Å². The standard InChI is InChI=1S/C22H25N3O2S/c1-16-7-8-19(27-2)17(13-16)14-22(26)25-11-9-24(10-12-25)15-21-23-18-5-3-4-6-20(18)28-21/h3-8,13H,9-12,14-15H2,1-2H3/p+1. The number of carbonyl (C=O) groups excluding carboxylic acids is 1. The van der Waals surface area contributed by atoms with Crippen LogP contribution in [0.2, 0.25) is 0 Å². The van der Waals surface area contributed by atoms with E-state index in [0.29, 0.717) is 6.42 Å². The Hall–Kier alpha value is -2.44. The lowest BCUT2D eigenvalue weighted by molar-refractivity contribution is -0.917. The monoisotopic (exact) mass is 396 g/mol. The van der Waals surface area contributed by atoms with Crippen molar-refractivity contribution >= 4 is 27.5 Å². The van der Waals surface area contributed by atoms with Gasteiger partial charge in [-0.05, 0) is 25.1 Å². The highest BCUT2D eigenvalue weighted by Crippen LogP contribution is 2.22. The number of rotatable bonds is 5. The van der Waals surface area contributed by atoms with Crippen LogP contribution in [0.1, 0.15) is 16.1 Å². The number of fused-ring (bicyclic) bond motifs is 1. The minimum Gasteiger partial charge on any atom is -0.496 e. The van der Waals surface area contributed by atoms with Crippen LogP contribution in [-0.4, -0.2) is 49.1 Å². The van der Waals surface area contributed by atoms with Crippen molar-refractivity contribution in [3.05, 3.63) is 58.6 Å². The molecule has 1 fully saturated rings. The van der Waals surface area contributed by atoms with Gasteiger partial charge in [-0.25, -0.2) is 4.98 Å². The largest absolute Gasteiger partial charge is 0.496 e. The molecule has 0 saturated carbocycles. The molecule has 1 saturated heterocycles. The molecular formula is C22H26N3O2S+. The predicted octanol–water partition coefficient (Wildman–Crippen LogP) is 2.08. The number of quaternary nitrogens is 1. The number of para-hydroxylation sites is 1. The molecule has 0 bridgehead atoms. The summed E-state index contributed by atoms with van der Waals surface area (Å²) in [7, 11) is 1.66. The third-order valence-corrected chi connectivity index (χ3v) is 6.38. The molecule has 0 atom stereocenters. The van der Waals surface area contributed by atoms with Crippen molar-refractivity contribution in [3.8, 4) is 5.75 Å². The van der Waals surface area contributed by atoms with E-state index in [-0.39, 0.29) is 5.91 Å². The van der Waals surface area contributed by atoms with Crippen LogP contribution in [0.25, 0.3) is 10.2 Å². The molecule has 2 heterocycles. The average Bonchev–Trinajstić information content (AvgIpc) is 3.11. The molecule has 0 radical (unpaired) electrons. The maximum atomic E-state index is 12.8. The zero-order valence-electron chi connectivity index (χ0n) is 16.4. The van der Waals surface area contributed by atoms with Crippen molar-refractivity contribution in [3.63, 3.8) is 0 Å². The van der Waals surface area contributed by atoms with Gasteiger partial charge in [-0.2, -0.15) is 0 Å². The van der Waals surface area contributed by atoms with Crippen LogP contribution in [0.5, 0.6) is 5.75 Å². The SMILES string of the molecule is COc1ccc(C)cc1CC(=O)N1CC[NH+](Cc2nc3ccccc3s2)CC1. The number of thiazole rings is 1. The summed E-state index contributed by atoms with van der Waals surface area (Å²) in [6, 6.07) is 14.3. The Morgan fingerprint density at radius 1 is 1.21 bits per heavy atom. The molecule has 2 aromatic carbocycles. The number of nitrogens with one attached hydrogen (secondary N) is 1. The summed E-state index contributed by atoms with van der Waals surface area (Å²) in [6.45, 7) is 6.50. The molecule has 1 aromatic heterocycles. The van der Waals surface area contributed by atoms with Crippen LogP contribution in [0.4, 0.5) is 0 Å². The number of amides is 1. The Balaban J connectivity index is 1.33. The van der Waals surface area contributed by atoms with Crippen LogP contribution in [0.15, 0.2) is 42.5 Å². The van der Waals surface area contributed by atoms with Gasteiger partial charge in [-0.3, -0.25) is 4.79 Å². The van der Waals surface area contributed by atoms with E-state index in [9.17, 15) is 4.79 Å². The van der Waals surface area contributed by atoms with Crippen LogP contribution >= 0.6 is 11.3 Å². The molecule has 1 aliphatic rings. The van der Waals surface area contributed by atoms with Gasteiger partial charge in [0, 0.05) is 5.56 Å². The summed E-state index contributed by atoms with van der Waals surface area (Å²) < 4.78 is 6.66. The van der Waals surface area contributed by atoms with Gasteiger partial charge in [0.05, 0.1) is 49.9 Å². The lowest BCUT2D eigenvalue weighted by atomic mass is 10.1. The molecule has 28 heavy (non-hydrogen) atoms. The lowest BCUT2D eigenvalue weighted by Gasteiger charge is -2.32. The molecule has 1 amide bonds. The Kier molecular flexibility index (Phi) is 5.59. The Bertz CT molecular complexity index is 944. The first-order chi connectivity index (χ1) is 13.6. The van der Waals surface area contributed by atoms with Gasteiger partial charge in [-0.15, -0.1) is 11.3 Å². The van der Waals surface area contributed by atoms with Crippen molar-refractivity contribution in [1.29, 1.82) is 0 Å². The van der Waals surface area contributed by atoms with E-state index in [4.69, 9.17) is 9.72 Å². The Morgan fingerprint density at radius 2 is 2.00 bits per heavy atom. The number of ether oxygens (including phenoxy) is 1. The van der Waals surface area contributed by atoms with Gasteiger partial charge in [0.2, 0.25) is 5.91 Å². The molecular weight excluding hydrogens is 370 g/mol. The van der Waals surface area contributed by atoms with E-state index in [1.54, 1.807) is 18.4 Å². The third-order valence-electron chi connectivity index (χ3n) is 5.34. The molecule has 0 unspecified atom stereocenters. The molecule has 1 N–H and O–H groups in total. The Morgan fingerprint density at radius 3 is 2.75 bits per heavy atom. The van der Waals surface area contributed by atoms with Crippen LogP contribution in [-0.2, 0) is 17.8 Å². The number of hydrogen-bond acceptors (Lipinski definition) is 4. The minimum atomic E-state index is 0.183. The fraction of sp³-hybridized carbons (Fsp3) is 0.364. The van der Waals surface area contributed by atoms with E-state index in [0.717, 1.165) is 55.1 Å². The second-order valence-corrected chi connectivity index (χ2v) is 8.49. The maximum absolute atomic E-state index is 12.8. The number of aryl methyl sites for hydroxylation is 1. The highest BCUT2D eigenvalue weighted by molar-refractivity contribution is 7.18. The molecule has 0 spiro atoms. The zero-order valence-corrected chi connectivity index (χ0v) is 17.2. The minimum absolute atomic E-state index is 0.183. The van der Waals surface area contributed by atoms with E-state index in [1.807, 2.05) is 36.1 Å². The van der Waals surface area contributed by atoms with Gasteiger partial charge in [0.25, 0.3) is 0 Å². The van der Waals surface area contributed by atoms with Crippen molar-refractivity contribution < 1.29 is 14.4 Å². The average molecular weight is 397 g/mol. The van der Waals surface area contributed by atoms with Gasteiger partial charge in [0.1, 0.15) is 17.3 Å². The highest BCUT2D eigenvalue weighted by Gasteiger charge is 2.25. The van der Waals surface area contributed by atoms with Crippen molar-refractivity contribution in [2.45, 2.75) is 19.9 Å². The number of nitrogens with zero attached hydrogens (tertiary/aromatic N) is 2. The van der Waals surface area contributed by atoms with Gasteiger partial charge >= 0.3 is 0 Å². The third kappa shape index (κ3) is 4.18. The number of carbonyl (C=O) groups is 1. The highest BCUT2D eigenvalue weighted by atomic mass is 32.1. The number of benzene rings is 2. The number of aromatic nitrogens is 1. The fourth-order valence-corrected chi connectivity index (χ4v) is 4.82. The summed E-state index contributed by atoms with van der Waals surface area (Å²) in [4.78, 5) is 21.0. The van der Waals surface area contributed by atoms with Crippen LogP contribution in [0.3, 0.4) is 0 Å². The smallest absolute Gasteiger partial charge is 0.227 e. The van der Waals surface area contributed by atoms with E-state index < -0.39 is 0 Å². The summed E-state index contributed by atoms with van der Waals surface area (Å²) in [5.74, 6) is 0.974. The second kappa shape index (κ2) is 8.29. The van der Waals surface area contributed by atoms with E-state index in [2.05, 4.69) is 18.2 Å². The molecule has 146 valence electrons. The molecule has 0 aliphatic carbocycles. The van der Waals surface area contributed by atoms with Crippen molar-refractivity contribution in [2.24, 2.45) is 0 Å². The predicted molar refractivity (Wildman–Crippen MR) is 112 cm³/mol. The Labute approximate surface area is 169 Å². The lowest BCUT2D eigenvalue weighted by Crippen LogP contribution is -3.13. The van der Waals surface area contributed by atoms with E-state index >= 15 is 0 Å². The van der Waals surface area contributed by atoms with Crippen LogP contribution in [0, 0.1) is 6.92 Å². The first kappa shape index (κ1) is 18.9. The molecule has 3 aromatic rings. The topological polar surface area (TPSA) is 46.9 Å². The fourth-order valence-electron chi connectivity index (χ4n) is 3.78. The van der Waals surface area contributed by atoms with Gasteiger partial charge < -0.3 is 14.5 Å². The van der Waals surface area contributed by atoms with E-state index in [1.165, 1.54) is 14.6 Å². The van der Waals surface area contributed by atoms with Crippen molar-refractivity contribution in [1.82, 2.24) is 9.88 Å². The number of hydrogen-bond donors (Lipinski definition) is 1. The van der Waals surface area contributed by atoms with Gasteiger partial charge in [-0.1, -0.05) is 29.8 Å². The summed E-state index contributed by atoms with van der Waals surface area (Å²) in [5.41, 5.74) is 3.20. The normalized spacial score (nSPS) is 15.1. The second-order valence-electron chi connectivity index (χ2n) is 7.37. The number of methoxy groups -OCH3 is 1. The first-order valence-corrected chi connectivity index (χ1v) is 10.5.